The average molecular weight is 352 g/mol. The molecule has 0 saturated carbocycles. The van der Waals surface area contributed by atoms with Crippen molar-refractivity contribution in [3.8, 4) is 5.88 Å². The number of hydrogen-bond donors (Lipinski definition) is 0. The summed E-state index contributed by atoms with van der Waals surface area (Å²) in [7, 11) is 0. The molecule has 1 amide bonds. The first-order chi connectivity index (χ1) is 11.1. The fraction of sp³-hybridized carbons (Fsp3) is 0.312. The highest BCUT2D eigenvalue weighted by Gasteiger charge is 2.25. The highest BCUT2D eigenvalue weighted by Crippen LogP contribution is 2.21. The summed E-state index contributed by atoms with van der Waals surface area (Å²) >= 11 is 11.7. The molecule has 0 bridgehead atoms. The zero-order chi connectivity index (χ0) is 16.2. The summed E-state index contributed by atoms with van der Waals surface area (Å²) in [5.41, 5.74) is 0.457. The van der Waals surface area contributed by atoms with Crippen LogP contribution in [0.25, 0.3) is 0 Å². The Hall–Kier alpha value is -1.85. The maximum atomic E-state index is 12.5. The van der Waals surface area contributed by atoms with Gasteiger partial charge in [0.25, 0.3) is 5.91 Å². The summed E-state index contributed by atoms with van der Waals surface area (Å²) in [5.74, 6) is 0.525. The molecule has 0 aromatic carbocycles. The number of pyridine rings is 2. The van der Waals surface area contributed by atoms with E-state index in [0.29, 0.717) is 24.5 Å². The smallest absolute Gasteiger partial charge is 0.254 e. The van der Waals surface area contributed by atoms with Gasteiger partial charge in [-0.15, -0.1) is 0 Å². The van der Waals surface area contributed by atoms with Gasteiger partial charge in [-0.1, -0.05) is 29.3 Å². The number of carbonyl (C=O) groups is 1. The normalized spacial score (nSPS) is 15.5. The Morgan fingerprint density at radius 3 is 2.48 bits per heavy atom. The molecule has 3 heterocycles. The van der Waals surface area contributed by atoms with Crippen LogP contribution in [0.4, 0.5) is 0 Å². The lowest BCUT2D eigenvalue weighted by Gasteiger charge is -2.32. The van der Waals surface area contributed by atoms with Crippen molar-refractivity contribution in [1.82, 2.24) is 14.9 Å². The number of rotatable bonds is 3. The van der Waals surface area contributed by atoms with Crippen molar-refractivity contribution in [2.24, 2.45) is 0 Å². The van der Waals surface area contributed by atoms with Crippen LogP contribution in [-0.2, 0) is 0 Å². The lowest BCUT2D eigenvalue weighted by atomic mass is 10.1. The van der Waals surface area contributed by atoms with Crippen LogP contribution in [0.3, 0.4) is 0 Å². The molecule has 1 fully saturated rings. The molecule has 23 heavy (non-hydrogen) atoms. The van der Waals surface area contributed by atoms with E-state index in [4.69, 9.17) is 27.9 Å². The number of nitrogens with zero attached hydrogens (tertiary/aromatic N) is 3. The van der Waals surface area contributed by atoms with Crippen LogP contribution in [0.5, 0.6) is 5.88 Å². The van der Waals surface area contributed by atoms with Crippen molar-refractivity contribution >= 4 is 29.1 Å². The van der Waals surface area contributed by atoms with Gasteiger partial charge in [0.05, 0.1) is 0 Å². The third kappa shape index (κ3) is 4.12. The van der Waals surface area contributed by atoms with Gasteiger partial charge in [-0.05, 0) is 18.2 Å². The third-order valence-electron chi connectivity index (χ3n) is 3.66. The molecule has 0 atom stereocenters. The molecule has 0 aliphatic carbocycles. The van der Waals surface area contributed by atoms with E-state index in [1.807, 2.05) is 18.2 Å². The monoisotopic (exact) mass is 351 g/mol. The van der Waals surface area contributed by atoms with Gasteiger partial charge >= 0.3 is 0 Å². The molecule has 0 unspecified atom stereocenters. The number of amides is 1. The Bertz CT molecular complexity index is 669. The molecule has 120 valence electrons. The largest absolute Gasteiger partial charge is 0.474 e. The van der Waals surface area contributed by atoms with Crippen molar-refractivity contribution < 1.29 is 9.53 Å². The minimum absolute atomic E-state index is 0.0681. The molecule has 2 aromatic rings. The zero-order valence-corrected chi connectivity index (χ0v) is 13.8. The number of ether oxygens (including phenoxy) is 1. The Morgan fingerprint density at radius 1 is 1.17 bits per heavy atom. The fourth-order valence-electron chi connectivity index (χ4n) is 2.54. The number of carbonyl (C=O) groups excluding carboxylic acids is 1. The quantitative estimate of drug-likeness (QED) is 0.794. The Kier molecular flexibility index (Phi) is 4.98. The number of likely N-dealkylation sites (tertiary alicyclic amines) is 1. The summed E-state index contributed by atoms with van der Waals surface area (Å²) in [6.45, 7) is 1.24. The van der Waals surface area contributed by atoms with Crippen LogP contribution < -0.4 is 4.74 Å². The van der Waals surface area contributed by atoms with Gasteiger partial charge in [-0.3, -0.25) is 4.79 Å². The second kappa shape index (κ2) is 7.15. The lowest BCUT2D eigenvalue weighted by molar-refractivity contribution is 0.0588. The molecule has 2 aromatic heterocycles. The van der Waals surface area contributed by atoms with E-state index in [1.165, 1.54) is 12.1 Å². The first kappa shape index (κ1) is 16.0. The van der Waals surface area contributed by atoms with Crippen molar-refractivity contribution in [2.75, 3.05) is 13.1 Å². The van der Waals surface area contributed by atoms with Crippen molar-refractivity contribution in [3.05, 3.63) is 52.4 Å². The van der Waals surface area contributed by atoms with Crippen molar-refractivity contribution in [1.29, 1.82) is 0 Å². The van der Waals surface area contributed by atoms with Crippen molar-refractivity contribution in [3.63, 3.8) is 0 Å². The van der Waals surface area contributed by atoms with Crippen LogP contribution in [0.1, 0.15) is 23.2 Å². The molecule has 5 nitrogen and oxygen atoms in total. The average Bonchev–Trinajstić information content (AvgIpc) is 2.55. The highest BCUT2D eigenvalue weighted by molar-refractivity contribution is 6.33. The van der Waals surface area contributed by atoms with Gasteiger partial charge in [0, 0.05) is 43.8 Å². The maximum absolute atomic E-state index is 12.5. The van der Waals surface area contributed by atoms with E-state index in [0.717, 1.165) is 12.8 Å². The molecule has 0 radical (unpaired) electrons. The number of aromatic nitrogens is 2. The molecular weight excluding hydrogens is 337 g/mol. The first-order valence-corrected chi connectivity index (χ1v) is 8.07. The Labute approximate surface area is 144 Å². The Morgan fingerprint density at radius 2 is 1.87 bits per heavy atom. The van der Waals surface area contributed by atoms with Crippen LogP contribution >= 0.6 is 23.2 Å². The van der Waals surface area contributed by atoms with Gasteiger partial charge in [0.15, 0.2) is 0 Å². The van der Waals surface area contributed by atoms with E-state index in [-0.39, 0.29) is 22.3 Å². The van der Waals surface area contributed by atoms with E-state index in [2.05, 4.69) is 9.97 Å². The topological polar surface area (TPSA) is 55.3 Å². The van der Waals surface area contributed by atoms with E-state index in [1.54, 1.807) is 11.1 Å². The van der Waals surface area contributed by atoms with Crippen LogP contribution in [0.15, 0.2) is 36.5 Å². The first-order valence-electron chi connectivity index (χ1n) is 7.32. The van der Waals surface area contributed by atoms with Gasteiger partial charge in [-0.2, -0.15) is 0 Å². The van der Waals surface area contributed by atoms with Crippen LogP contribution in [0.2, 0.25) is 10.3 Å². The lowest BCUT2D eigenvalue weighted by Crippen LogP contribution is -2.41. The van der Waals surface area contributed by atoms with Crippen LogP contribution in [0, 0.1) is 0 Å². The van der Waals surface area contributed by atoms with Gasteiger partial charge in [-0.25, -0.2) is 9.97 Å². The predicted molar refractivity (Wildman–Crippen MR) is 88.0 cm³/mol. The van der Waals surface area contributed by atoms with Gasteiger partial charge in [0.1, 0.15) is 16.4 Å². The second-order valence-electron chi connectivity index (χ2n) is 5.28. The standard InChI is InChI=1S/C16H15Cl2N3O2/c17-13-9-11(10-14(18)20-13)16(22)21-7-4-12(5-8-21)23-15-3-1-2-6-19-15/h1-3,6,9-10,12H,4-5,7-8H2. The fourth-order valence-corrected chi connectivity index (χ4v) is 3.00. The molecule has 3 rings (SSSR count). The summed E-state index contributed by atoms with van der Waals surface area (Å²) in [6.07, 6.45) is 3.29. The molecule has 7 heteroatoms. The minimum Gasteiger partial charge on any atom is -0.474 e. The van der Waals surface area contributed by atoms with Gasteiger partial charge < -0.3 is 9.64 Å². The summed E-state index contributed by atoms with van der Waals surface area (Å²) in [4.78, 5) is 22.3. The van der Waals surface area contributed by atoms with Crippen LogP contribution in [-0.4, -0.2) is 40.0 Å². The number of piperidine rings is 1. The zero-order valence-electron chi connectivity index (χ0n) is 12.3. The SMILES string of the molecule is O=C(c1cc(Cl)nc(Cl)c1)N1CCC(Oc2ccccn2)CC1. The predicted octanol–water partition coefficient (Wildman–Crippen LogP) is 3.47. The molecular formula is C16H15Cl2N3O2. The van der Waals surface area contributed by atoms with E-state index >= 15 is 0 Å². The summed E-state index contributed by atoms with van der Waals surface area (Å²) < 4.78 is 5.83. The summed E-state index contributed by atoms with van der Waals surface area (Å²) in [5, 5.41) is 0.434. The molecule has 0 N–H and O–H groups in total. The van der Waals surface area contributed by atoms with E-state index in [9.17, 15) is 4.79 Å². The number of hydrogen-bond acceptors (Lipinski definition) is 4. The number of halogens is 2. The Balaban J connectivity index is 1.59. The van der Waals surface area contributed by atoms with Gasteiger partial charge in [0.2, 0.25) is 5.88 Å². The molecule has 1 saturated heterocycles. The minimum atomic E-state index is -0.0903. The molecule has 1 aliphatic heterocycles. The van der Waals surface area contributed by atoms with E-state index < -0.39 is 0 Å². The third-order valence-corrected chi connectivity index (χ3v) is 4.05. The van der Waals surface area contributed by atoms with Crippen molar-refractivity contribution in [2.45, 2.75) is 18.9 Å². The summed E-state index contributed by atoms with van der Waals surface area (Å²) in [6, 6.07) is 8.63. The highest BCUT2D eigenvalue weighted by atomic mass is 35.5. The second-order valence-corrected chi connectivity index (χ2v) is 6.05. The molecule has 0 spiro atoms. The maximum Gasteiger partial charge on any atom is 0.254 e. The molecule has 1 aliphatic rings.